The first kappa shape index (κ1) is 16.5. The van der Waals surface area contributed by atoms with Gasteiger partial charge in [-0.2, -0.15) is 0 Å². The van der Waals surface area contributed by atoms with Crippen LogP contribution in [-0.2, 0) is 0 Å². The number of thioether (sulfide) groups is 1. The lowest BCUT2D eigenvalue weighted by Crippen LogP contribution is -2.39. The molecule has 1 amide bonds. The summed E-state index contributed by atoms with van der Waals surface area (Å²) in [6, 6.07) is 7.47. The number of nitrogens with one attached hydrogen (secondary N) is 1. The molecule has 0 spiro atoms. The molecule has 20 heavy (non-hydrogen) atoms. The van der Waals surface area contributed by atoms with Crippen molar-refractivity contribution in [3.05, 3.63) is 24.3 Å². The van der Waals surface area contributed by atoms with E-state index < -0.39 is 5.54 Å². The molecule has 0 heterocycles. The van der Waals surface area contributed by atoms with Crippen LogP contribution >= 0.6 is 11.8 Å². The molecule has 0 saturated heterocycles. The molecule has 0 unspecified atom stereocenters. The van der Waals surface area contributed by atoms with Gasteiger partial charge in [-0.25, -0.2) is 0 Å². The Kier molecular flexibility index (Phi) is 5.97. The molecule has 4 heteroatoms. The van der Waals surface area contributed by atoms with Gasteiger partial charge in [-0.05, 0) is 63.2 Å². The van der Waals surface area contributed by atoms with Crippen LogP contribution in [0.5, 0.6) is 5.75 Å². The Bertz CT molecular complexity index is 488. The standard InChI is InChI=1S/C16H21NO2S/c1-6-12(3)19-13-8-10-14(11-9-13)20-15(18)17-16(4,5)7-2/h2,8-12H,6H2,1,3-5H3,(H,17,18)/t12-/m0/s1. The molecular weight excluding hydrogens is 270 g/mol. The van der Waals surface area contributed by atoms with E-state index in [1.165, 1.54) is 0 Å². The number of hydrogen-bond donors (Lipinski definition) is 1. The number of rotatable bonds is 5. The van der Waals surface area contributed by atoms with Crippen molar-refractivity contribution in [3.63, 3.8) is 0 Å². The first-order valence-electron chi connectivity index (χ1n) is 6.60. The van der Waals surface area contributed by atoms with Gasteiger partial charge in [-0.3, -0.25) is 4.79 Å². The molecule has 3 nitrogen and oxygen atoms in total. The highest BCUT2D eigenvalue weighted by molar-refractivity contribution is 8.13. The largest absolute Gasteiger partial charge is 0.491 e. The molecule has 1 N–H and O–H groups in total. The predicted molar refractivity (Wildman–Crippen MR) is 84.1 cm³/mol. The monoisotopic (exact) mass is 291 g/mol. The van der Waals surface area contributed by atoms with Crippen LogP contribution in [0.2, 0.25) is 0 Å². The summed E-state index contributed by atoms with van der Waals surface area (Å²) in [5, 5.41) is 2.60. The minimum Gasteiger partial charge on any atom is -0.491 e. The number of benzene rings is 1. The van der Waals surface area contributed by atoms with E-state index in [1.54, 1.807) is 13.8 Å². The Morgan fingerprint density at radius 1 is 1.45 bits per heavy atom. The predicted octanol–water partition coefficient (Wildman–Crippen LogP) is 4.08. The Labute approximate surface area is 125 Å². The summed E-state index contributed by atoms with van der Waals surface area (Å²) >= 11 is 1.12. The number of ether oxygens (including phenoxy) is 1. The van der Waals surface area contributed by atoms with E-state index in [0.29, 0.717) is 0 Å². The lowest BCUT2D eigenvalue weighted by atomic mass is 10.1. The van der Waals surface area contributed by atoms with Gasteiger partial charge in [0.05, 0.1) is 11.6 Å². The Morgan fingerprint density at radius 2 is 2.05 bits per heavy atom. The smallest absolute Gasteiger partial charge is 0.285 e. The second kappa shape index (κ2) is 7.25. The zero-order valence-electron chi connectivity index (χ0n) is 12.4. The molecule has 1 atom stereocenters. The second-order valence-electron chi connectivity index (χ2n) is 5.09. The minimum absolute atomic E-state index is 0.163. The summed E-state index contributed by atoms with van der Waals surface area (Å²) in [6.45, 7) is 7.67. The molecule has 0 radical (unpaired) electrons. The Morgan fingerprint density at radius 3 is 2.55 bits per heavy atom. The Hall–Kier alpha value is -1.60. The molecule has 0 bridgehead atoms. The van der Waals surface area contributed by atoms with Crippen molar-refractivity contribution in [2.24, 2.45) is 0 Å². The lowest BCUT2D eigenvalue weighted by Gasteiger charge is -2.19. The molecule has 0 fully saturated rings. The summed E-state index contributed by atoms with van der Waals surface area (Å²) < 4.78 is 5.69. The van der Waals surface area contributed by atoms with Crippen molar-refractivity contribution in [2.75, 3.05) is 0 Å². The first-order chi connectivity index (χ1) is 9.36. The average Bonchev–Trinajstić information content (AvgIpc) is 2.40. The third-order valence-electron chi connectivity index (χ3n) is 2.72. The number of carbonyl (C=O) groups is 1. The van der Waals surface area contributed by atoms with Crippen LogP contribution in [0.4, 0.5) is 4.79 Å². The van der Waals surface area contributed by atoms with Crippen molar-refractivity contribution in [3.8, 4) is 18.1 Å². The van der Waals surface area contributed by atoms with E-state index in [-0.39, 0.29) is 11.3 Å². The molecule has 1 rings (SSSR count). The SMILES string of the molecule is C#CC(C)(C)NC(=O)Sc1ccc(O[C@@H](C)CC)cc1. The topological polar surface area (TPSA) is 38.3 Å². The zero-order chi connectivity index (χ0) is 15.2. The van der Waals surface area contributed by atoms with Crippen LogP contribution in [0.3, 0.4) is 0 Å². The quantitative estimate of drug-likeness (QED) is 0.656. The van der Waals surface area contributed by atoms with E-state index >= 15 is 0 Å². The van der Waals surface area contributed by atoms with E-state index in [0.717, 1.165) is 28.8 Å². The molecule has 1 aromatic rings. The summed E-state index contributed by atoms with van der Waals surface area (Å²) in [6.07, 6.45) is 6.48. The van der Waals surface area contributed by atoms with Crippen molar-refractivity contribution >= 4 is 17.0 Å². The fourth-order valence-electron chi connectivity index (χ4n) is 1.33. The van der Waals surface area contributed by atoms with Crippen LogP contribution in [0.25, 0.3) is 0 Å². The van der Waals surface area contributed by atoms with Crippen LogP contribution in [0.1, 0.15) is 34.1 Å². The fraction of sp³-hybridized carbons (Fsp3) is 0.438. The van der Waals surface area contributed by atoms with E-state index in [9.17, 15) is 4.79 Å². The maximum Gasteiger partial charge on any atom is 0.285 e. The van der Waals surface area contributed by atoms with Gasteiger partial charge in [0.1, 0.15) is 5.75 Å². The highest BCUT2D eigenvalue weighted by Crippen LogP contribution is 2.23. The molecule has 0 aromatic heterocycles. The highest BCUT2D eigenvalue weighted by Gasteiger charge is 2.17. The van der Waals surface area contributed by atoms with Gasteiger partial charge >= 0.3 is 0 Å². The molecule has 0 aliphatic heterocycles. The van der Waals surface area contributed by atoms with Crippen LogP contribution in [-0.4, -0.2) is 16.9 Å². The first-order valence-corrected chi connectivity index (χ1v) is 7.42. The van der Waals surface area contributed by atoms with Crippen molar-refractivity contribution in [1.82, 2.24) is 5.32 Å². The molecular formula is C16H21NO2S. The molecule has 0 saturated carbocycles. The summed E-state index contributed by atoms with van der Waals surface area (Å²) in [5.41, 5.74) is -0.635. The number of hydrogen-bond acceptors (Lipinski definition) is 3. The highest BCUT2D eigenvalue weighted by atomic mass is 32.2. The third-order valence-corrected chi connectivity index (χ3v) is 3.52. The van der Waals surface area contributed by atoms with Gasteiger partial charge in [0, 0.05) is 4.90 Å². The van der Waals surface area contributed by atoms with Crippen molar-refractivity contribution in [1.29, 1.82) is 0 Å². The maximum absolute atomic E-state index is 11.8. The van der Waals surface area contributed by atoms with Gasteiger partial charge in [0.15, 0.2) is 0 Å². The average molecular weight is 291 g/mol. The number of terminal acetylenes is 1. The minimum atomic E-state index is -0.635. The van der Waals surface area contributed by atoms with Crippen LogP contribution < -0.4 is 10.1 Å². The van der Waals surface area contributed by atoms with Crippen molar-refractivity contribution in [2.45, 2.75) is 50.7 Å². The molecule has 1 aromatic carbocycles. The van der Waals surface area contributed by atoms with Gasteiger partial charge in [0.2, 0.25) is 0 Å². The fourth-order valence-corrected chi connectivity index (χ4v) is 2.12. The summed E-state index contributed by atoms with van der Waals surface area (Å²) in [4.78, 5) is 12.7. The van der Waals surface area contributed by atoms with E-state index in [1.807, 2.05) is 31.2 Å². The normalized spacial score (nSPS) is 12.3. The van der Waals surface area contributed by atoms with E-state index in [2.05, 4.69) is 18.2 Å². The summed E-state index contributed by atoms with van der Waals surface area (Å²) in [5.74, 6) is 3.34. The zero-order valence-corrected chi connectivity index (χ0v) is 13.2. The van der Waals surface area contributed by atoms with Gasteiger partial charge < -0.3 is 10.1 Å². The number of amides is 1. The van der Waals surface area contributed by atoms with Crippen molar-refractivity contribution < 1.29 is 9.53 Å². The molecule has 0 aliphatic rings. The van der Waals surface area contributed by atoms with Gasteiger partial charge in [-0.1, -0.05) is 12.8 Å². The van der Waals surface area contributed by atoms with Gasteiger partial charge in [0.25, 0.3) is 5.24 Å². The van der Waals surface area contributed by atoms with E-state index in [4.69, 9.17) is 11.2 Å². The second-order valence-corrected chi connectivity index (χ2v) is 6.14. The molecule has 0 aliphatic carbocycles. The summed E-state index contributed by atoms with van der Waals surface area (Å²) in [7, 11) is 0. The molecule has 108 valence electrons. The number of carbonyl (C=O) groups excluding carboxylic acids is 1. The van der Waals surface area contributed by atoms with Gasteiger partial charge in [-0.15, -0.1) is 6.42 Å². The maximum atomic E-state index is 11.8. The Balaban J connectivity index is 2.58. The third kappa shape index (κ3) is 5.58. The van der Waals surface area contributed by atoms with Crippen LogP contribution in [0, 0.1) is 12.3 Å². The lowest BCUT2D eigenvalue weighted by molar-refractivity contribution is 0.217. The van der Waals surface area contributed by atoms with Crippen LogP contribution in [0.15, 0.2) is 29.2 Å².